The molecular weight excluding hydrogens is 250 g/mol. The lowest BCUT2D eigenvalue weighted by molar-refractivity contribution is -0.141. The van der Waals surface area contributed by atoms with Crippen LogP contribution in [-0.2, 0) is 20.7 Å². The number of thioether (sulfide) groups is 1. The minimum absolute atomic E-state index is 0.143. The molecule has 1 saturated heterocycles. The van der Waals surface area contributed by atoms with Crippen molar-refractivity contribution in [2.75, 3.05) is 12.9 Å². The van der Waals surface area contributed by atoms with Gasteiger partial charge in [0.25, 0.3) is 0 Å². The van der Waals surface area contributed by atoms with Crippen LogP contribution >= 0.6 is 11.8 Å². The Labute approximate surface area is 110 Å². The van der Waals surface area contributed by atoms with E-state index in [0.29, 0.717) is 19.4 Å². The fraction of sp³-hybridized carbons (Fsp3) is 0.385. The van der Waals surface area contributed by atoms with Crippen LogP contribution in [0.3, 0.4) is 0 Å². The highest BCUT2D eigenvalue weighted by molar-refractivity contribution is 7.98. The minimum atomic E-state index is -0.469. The van der Waals surface area contributed by atoms with Gasteiger partial charge >= 0.3 is 5.97 Å². The largest absolute Gasteiger partial charge is 0.464 e. The molecule has 4 nitrogen and oxygen atoms in total. The van der Waals surface area contributed by atoms with E-state index in [-0.39, 0.29) is 11.9 Å². The summed E-state index contributed by atoms with van der Waals surface area (Å²) < 4.78 is 4.79. The fourth-order valence-electron chi connectivity index (χ4n) is 1.80. The molecule has 1 aliphatic rings. The van der Waals surface area contributed by atoms with Crippen LogP contribution in [0, 0.1) is 0 Å². The third-order valence-corrected chi connectivity index (χ3v) is 3.54. The van der Waals surface area contributed by atoms with Crippen LogP contribution in [0.4, 0.5) is 0 Å². The number of cyclic esters (lactones) is 1. The van der Waals surface area contributed by atoms with Crippen molar-refractivity contribution in [2.45, 2.75) is 23.8 Å². The molecule has 1 aliphatic heterocycles. The summed E-state index contributed by atoms with van der Waals surface area (Å²) in [6, 6.07) is 7.35. The van der Waals surface area contributed by atoms with Crippen molar-refractivity contribution in [3.63, 3.8) is 0 Å². The molecule has 0 radical (unpaired) electrons. The van der Waals surface area contributed by atoms with Crippen molar-refractivity contribution in [1.29, 1.82) is 0 Å². The Morgan fingerprint density at radius 3 is 2.72 bits per heavy atom. The van der Waals surface area contributed by atoms with Gasteiger partial charge in [-0.1, -0.05) is 12.1 Å². The van der Waals surface area contributed by atoms with Crippen LogP contribution in [0.1, 0.15) is 12.0 Å². The van der Waals surface area contributed by atoms with Crippen molar-refractivity contribution >= 4 is 23.6 Å². The van der Waals surface area contributed by atoms with Crippen LogP contribution in [-0.4, -0.2) is 30.8 Å². The summed E-state index contributed by atoms with van der Waals surface area (Å²) in [6.45, 7) is 0.395. The monoisotopic (exact) mass is 265 g/mol. The summed E-state index contributed by atoms with van der Waals surface area (Å²) in [5.41, 5.74) is 0.941. The van der Waals surface area contributed by atoms with Gasteiger partial charge in [0.2, 0.25) is 5.91 Å². The lowest BCUT2D eigenvalue weighted by atomic mass is 10.1. The number of rotatable bonds is 4. The van der Waals surface area contributed by atoms with Gasteiger partial charge in [-0.05, 0) is 24.0 Å². The lowest BCUT2D eigenvalue weighted by Gasteiger charge is -2.08. The minimum Gasteiger partial charge on any atom is -0.464 e. The average molecular weight is 265 g/mol. The summed E-state index contributed by atoms with van der Waals surface area (Å²) in [7, 11) is 0. The maximum absolute atomic E-state index is 11.7. The molecule has 1 aromatic rings. The van der Waals surface area contributed by atoms with Crippen molar-refractivity contribution in [3.8, 4) is 0 Å². The molecule has 96 valence electrons. The third-order valence-electron chi connectivity index (χ3n) is 2.79. The predicted octanol–water partition coefficient (Wildman–Crippen LogP) is 1.38. The topological polar surface area (TPSA) is 55.4 Å². The predicted molar refractivity (Wildman–Crippen MR) is 69.4 cm³/mol. The van der Waals surface area contributed by atoms with E-state index in [1.54, 1.807) is 11.8 Å². The molecule has 0 bridgehead atoms. The van der Waals surface area contributed by atoms with Crippen LogP contribution in [0.2, 0.25) is 0 Å². The molecule has 5 heteroatoms. The van der Waals surface area contributed by atoms with E-state index < -0.39 is 6.04 Å². The standard InChI is InChI=1S/C13H15NO3S/c1-18-10-4-2-9(3-5-10)8-12(15)14-11-6-7-17-13(11)16/h2-5,11H,6-8H2,1H3,(H,14,15). The Balaban J connectivity index is 1.88. The first-order valence-electron chi connectivity index (χ1n) is 5.78. The van der Waals surface area contributed by atoms with E-state index in [2.05, 4.69) is 5.32 Å². The molecule has 0 spiro atoms. The first-order chi connectivity index (χ1) is 8.69. The maximum Gasteiger partial charge on any atom is 0.328 e. The van der Waals surface area contributed by atoms with Gasteiger partial charge < -0.3 is 10.1 Å². The number of carbonyl (C=O) groups excluding carboxylic acids is 2. The number of nitrogens with one attached hydrogen (secondary N) is 1. The molecule has 1 N–H and O–H groups in total. The zero-order valence-electron chi connectivity index (χ0n) is 10.1. The molecule has 1 atom stereocenters. The molecule has 1 aromatic carbocycles. The van der Waals surface area contributed by atoms with Crippen molar-refractivity contribution in [2.24, 2.45) is 0 Å². The Bertz CT molecular complexity index is 444. The maximum atomic E-state index is 11.7. The van der Waals surface area contributed by atoms with Crippen LogP contribution in [0.5, 0.6) is 0 Å². The number of hydrogen-bond donors (Lipinski definition) is 1. The quantitative estimate of drug-likeness (QED) is 0.660. The molecule has 0 aromatic heterocycles. The van der Waals surface area contributed by atoms with E-state index in [4.69, 9.17) is 4.74 Å². The van der Waals surface area contributed by atoms with Gasteiger partial charge in [0.1, 0.15) is 6.04 Å². The zero-order chi connectivity index (χ0) is 13.0. The second-order valence-corrected chi connectivity index (χ2v) is 4.98. The van der Waals surface area contributed by atoms with E-state index in [1.165, 1.54) is 4.90 Å². The number of esters is 1. The van der Waals surface area contributed by atoms with E-state index in [1.807, 2.05) is 30.5 Å². The Kier molecular flexibility index (Phi) is 4.25. The zero-order valence-corrected chi connectivity index (χ0v) is 11.0. The number of ether oxygens (including phenoxy) is 1. The highest BCUT2D eigenvalue weighted by atomic mass is 32.2. The smallest absolute Gasteiger partial charge is 0.328 e. The van der Waals surface area contributed by atoms with Gasteiger partial charge in [-0.3, -0.25) is 4.79 Å². The second-order valence-electron chi connectivity index (χ2n) is 4.10. The lowest BCUT2D eigenvalue weighted by Crippen LogP contribution is -2.38. The third kappa shape index (κ3) is 3.26. The van der Waals surface area contributed by atoms with Gasteiger partial charge in [0.05, 0.1) is 13.0 Å². The first-order valence-corrected chi connectivity index (χ1v) is 7.00. The number of carbonyl (C=O) groups is 2. The normalized spacial score (nSPS) is 18.5. The molecule has 1 amide bonds. The molecular formula is C13H15NO3S. The molecule has 1 fully saturated rings. The Morgan fingerprint density at radius 1 is 1.44 bits per heavy atom. The van der Waals surface area contributed by atoms with Gasteiger partial charge in [0.15, 0.2) is 0 Å². The van der Waals surface area contributed by atoms with Crippen molar-refractivity contribution in [3.05, 3.63) is 29.8 Å². The fourth-order valence-corrected chi connectivity index (χ4v) is 2.21. The van der Waals surface area contributed by atoms with E-state index in [0.717, 1.165) is 5.56 Å². The average Bonchev–Trinajstić information content (AvgIpc) is 2.76. The molecule has 2 rings (SSSR count). The first kappa shape index (κ1) is 13.0. The highest BCUT2D eigenvalue weighted by Crippen LogP contribution is 2.15. The molecule has 0 aliphatic carbocycles. The van der Waals surface area contributed by atoms with Gasteiger partial charge in [0, 0.05) is 11.3 Å². The number of benzene rings is 1. The highest BCUT2D eigenvalue weighted by Gasteiger charge is 2.27. The summed E-state index contributed by atoms with van der Waals surface area (Å²) >= 11 is 1.66. The van der Waals surface area contributed by atoms with E-state index >= 15 is 0 Å². The van der Waals surface area contributed by atoms with Crippen LogP contribution in [0.25, 0.3) is 0 Å². The Hall–Kier alpha value is -1.49. The van der Waals surface area contributed by atoms with Gasteiger partial charge in [-0.25, -0.2) is 4.79 Å². The summed E-state index contributed by atoms with van der Waals surface area (Å²) in [6.07, 6.45) is 2.86. The number of hydrogen-bond acceptors (Lipinski definition) is 4. The van der Waals surface area contributed by atoms with Crippen molar-refractivity contribution in [1.82, 2.24) is 5.32 Å². The SMILES string of the molecule is CSc1ccc(CC(=O)NC2CCOC2=O)cc1. The summed E-state index contributed by atoms with van der Waals surface area (Å²) in [5, 5.41) is 2.69. The molecule has 1 unspecified atom stereocenters. The second kappa shape index (κ2) is 5.91. The van der Waals surface area contributed by atoms with Gasteiger partial charge in [-0.15, -0.1) is 11.8 Å². The number of amides is 1. The molecule has 0 saturated carbocycles. The molecule has 18 heavy (non-hydrogen) atoms. The summed E-state index contributed by atoms with van der Waals surface area (Å²) in [5.74, 6) is -0.475. The van der Waals surface area contributed by atoms with Crippen LogP contribution in [0.15, 0.2) is 29.2 Å². The Morgan fingerprint density at radius 2 is 2.17 bits per heavy atom. The van der Waals surface area contributed by atoms with Crippen LogP contribution < -0.4 is 5.32 Å². The van der Waals surface area contributed by atoms with Gasteiger partial charge in [-0.2, -0.15) is 0 Å². The molecule has 1 heterocycles. The van der Waals surface area contributed by atoms with E-state index in [9.17, 15) is 9.59 Å². The summed E-state index contributed by atoms with van der Waals surface area (Å²) in [4.78, 5) is 24.1. The van der Waals surface area contributed by atoms with Crippen molar-refractivity contribution < 1.29 is 14.3 Å².